The van der Waals surface area contributed by atoms with Gasteiger partial charge in [-0.1, -0.05) is 0 Å². The van der Waals surface area contributed by atoms with Crippen molar-refractivity contribution in [3.63, 3.8) is 0 Å². The summed E-state index contributed by atoms with van der Waals surface area (Å²) < 4.78 is 0. The number of hydrogen-bond donors (Lipinski definition) is 2. The summed E-state index contributed by atoms with van der Waals surface area (Å²) in [6.07, 6.45) is 1.96. The van der Waals surface area contributed by atoms with E-state index in [-0.39, 0.29) is 0 Å². The van der Waals surface area contributed by atoms with Crippen molar-refractivity contribution in [2.75, 3.05) is 13.6 Å². The van der Waals surface area contributed by atoms with Gasteiger partial charge in [0, 0.05) is 19.8 Å². The van der Waals surface area contributed by atoms with E-state index in [1.807, 2.05) is 18.3 Å². The molecule has 0 saturated heterocycles. The number of likely N-dealkylation sites (N-methyl/N-ethyl adjacent to an activating group) is 1. The maximum atomic E-state index is 2.92. The minimum Gasteiger partial charge on any atom is -0.315 e. The molecule has 0 spiro atoms. The molecule has 1 aliphatic heterocycles. The molecule has 0 unspecified atom stereocenters. The zero-order valence-electron chi connectivity index (χ0n) is 5.23. The molecular weight excluding hydrogens is 102 g/mol. The highest BCUT2D eigenvalue weighted by molar-refractivity contribution is 4.99. The van der Waals surface area contributed by atoms with E-state index < -0.39 is 0 Å². The molecule has 1 aliphatic rings. The van der Waals surface area contributed by atoms with Crippen LogP contribution < -0.4 is 11.0 Å². The molecule has 0 saturated carbocycles. The van der Waals surface area contributed by atoms with Gasteiger partial charge in [-0.25, -0.2) is 5.01 Å². The van der Waals surface area contributed by atoms with Crippen LogP contribution in [0.4, 0.5) is 0 Å². The molecule has 46 valence electrons. The van der Waals surface area contributed by atoms with Gasteiger partial charge in [-0.3, -0.25) is 0 Å². The first-order chi connectivity index (χ1) is 3.79. The summed E-state index contributed by atoms with van der Waals surface area (Å²) in [6, 6.07) is 0. The van der Waals surface area contributed by atoms with Crippen molar-refractivity contribution in [2.45, 2.75) is 6.92 Å². The molecule has 0 aromatic carbocycles. The van der Waals surface area contributed by atoms with Crippen LogP contribution in [0, 0.1) is 0 Å². The summed E-state index contributed by atoms with van der Waals surface area (Å²) in [4.78, 5) is 0. The van der Waals surface area contributed by atoms with E-state index in [9.17, 15) is 0 Å². The molecule has 8 heavy (non-hydrogen) atoms. The Morgan fingerprint density at radius 2 is 2.50 bits per heavy atom. The third-order valence-electron chi connectivity index (χ3n) is 1.06. The fourth-order valence-electron chi connectivity index (χ4n) is 0.725. The van der Waals surface area contributed by atoms with Gasteiger partial charge in [0.1, 0.15) is 0 Å². The topological polar surface area (TPSA) is 27.3 Å². The molecule has 2 N–H and O–H groups in total. The Balaban J connectivity index is 2.45. The van der Waals surface area contributed by atoms with Crippen LogP contribution in [-0.4, -0.2) is 18.6 Å². The van der Waals surface area contributed by atoms with Gasteiger partial charge in [0.25, 0.3) is 0 Å². The van der Waals surface area contributed by atoms with Crippen molar-refractivity contribution >= 4 is 0 Å². The lowest BCUT2D eigenvalue weighted by Crippen LogP contribution is -2.46. The molecule has 0 radical (unpaired) electrons. The fourth-order valence-corrected chi connectivity index (χ4v) is 0.725. The minimum atomic E-state index is 0.993. The van der Waals surface area contributed by atoms with Gasteiger partial charge in [0.05, 0.1) is 0 Å². The predicted octanol–water partition coefficient (Wildman–Crippen LogP) is -0.155. The summed E-state index contributed by atoms with van der Waals surface area (Å²) in [5.74, 6) is 0. The van der Waals surface area contributed by atoms with E-state index in [1.165, 1.54) is 5.57 Å². The first-order valence-electron chi connectivity index (χ1n) is 2.67. The van der Waals surface area contributed by atoms with Crippen molar-refractivity contribution in [3.05, 3.63) is 11.8 Å². The van der Waals surface area contributed by atoms with Gasteiger partial charge in [0.2, 0.25) is 0 Å². The van der Waals surface area contributed by atoms with Gasteiger partial charge in [-0.2, -0.15) is 5.53 Å². The van der Waals surface area contributed by atoms with E-state index in [0.29, 0.717) is 0 Å². The molecule has 0 aromatic rings. The highest BCUT2D eigenvalue weighted by atomic mass is 15.7. The SMILES string of the molecule is CC1=CNNN(C)C1. The van der Waals surface area contributed by atoms with E-state index in [2.05, 4.69) is 17.9 Å². The summed E-state index contributed by atoms with van der Waals surface area (Å²) in [7, 11) is 1.99. The monoisotopic (exact) mass is 113 g/mol. The average Bonchev–Trinajstić information content (AvgIpc) is 1.64. The van der Waals surface area contributed by atoms with Gasteiger partial charge < -0.3 is 5.43 Å². The Morgan fingerprint density at radius 1 is 1.75 bits per heavy atom. The van der Waals surface area contributed by atoms with Crippen LogP contribution in [0.25, 0.3) is 0 Å². The van der Waals surface area contributed by atoms with Crippen LogP contribution in [0.2, 0.25) is 0 Å². The smallest absolute Gasteiger partial charge is 0.0370 e. The Bertz CT molecular complexity index is 108. The number of nitrogens with zero attached hydrogens (tertiary/aromatic N) is 1. The van der Waals surface area contributed by atoms with E-state index in [1.54, 1.807) is 0 Å². The summed E-state index contributed by atoms with van der Waals surface area (Å²) in [5.41, 5.74) is 7.16. The summed E-state index contributed by atoms with van der Waals surface area (Å²) in [5, 5.41) is 1.98. The Labute approximate surface area is 49.3 Å². The normalized spacial score (nSPS) is 22.0. The highest BCUT2D eigenvalue weighted by Crippen LogP contribution is 1.93. The summed E-state index contributed by atoms with van der Waals surface area (Å²) >= 11 is 0. The highest BCUT2D eigenvalue weighted by Gasteiger charge is 2.00. The van der Waals surface area contributed by atoms with Crippen molar-refractivity contribution in [3.8, 4) is 0 Å². The van der Waals surface area contributed by atoms with E-state index >= 15 is 0 Å². The predicted molar refractivity (Wildman–Crippen MR) is 32.7 cm³/mol. The Kier molecular flexibility index (Phi) is 1.50. The largest absolute Gasteiger partial charge is 0.315 e. The average molecular weight is 113 g/mol. The molecule has 3 nitrogen and oxygen atoms in total. The molecule has 0 aliphatic carbocycles. The second kappa shape index (κ2) is 2.15. The maximum Gasteiger partial charge on any atom is 0.0370 e. The number of hydrogen-bond acceptors (Lipinski definition) is 3. The van der Waals surface area contributed by atoms with Crippen LogP contribution in [0.5, 0.6) is 0 Å². The van der Waals surface area contributed by atoms with Gasteiger partial charge in [0.15, 0.2) is 0 Å². The second-order valence-electron chi connectivity index (χ2n) is 2.10. The van der Waals surface area contributed by atoms with Gasteiger partial charge >= 0.3 is 0 Å². The molecule has 0 atom stereocenters. The lowest BCUT2D eigenvalue weighted by atomic mass is 10.3. The van der Waals surface area contributed by atoms with Crippen LogP contribution in [-0.2, 0) is 0 Å². The quantitative estimate of drug-likeness (QED) is 0.457. The van der Waals surface area contributed by atoms with Crippen molar-refractivity contribution in [2.24, 2.45) is 0 Å². The Morgan fingerprint density at radius 3 is 2.88 bits per heavy atom. The fraction of sp³-hybridized carbons (Fsp3) is 0.600. The van der Waals surface area contributed by atoms with Crippen LogP contribution in [0.1, 0.15) is 6.92 Å². The molecule has 1 rings (SSSR count). The van der Waals surface area contributed by atoms with Gasteiger partial charge in [-0.15, -0.1) is 0 Å². The van der Waals surface area contributed by atoms with Gasteiger partial charge in [-0.05, 0) is 12.5 Å². The van der Waals surface area contributed by atoms with Crippen LogP contribution >= 0.6 is 0 Å². The lowest BCUT2D eigenvalue weighted by molar-refractivity contribution is 0.212. The van der Waals surface area contributed by atoms with Crippen molar-refractivity contribution < 1.29 is 0 Å². The van der Waals surface area contributed by atoms with Crippen LogP contribution in [0.15, 0.2) is 11.8 Å². The molecule has 0 fully saturated rings. The molecule has 0 bridgehead atoms. The number of hydrazine groups is 2. The molecule has 3 heteroatoms. The molecular formula is C5H11N3. The third kappa shape index (κ3) is 1.21. The van der Waals surface area contributed by atoms with Crippen LogP contribution in [0.3, 0.4) is 0 Å². The molecule has 0 aromatic heterocycles. The standard InChI is InChI=1S/C5H11N3/c1-5-3-6-7-8(2)4-5/h3,6-7H,4H2,1-2H3. The minimum absolute atomic E-state index is 0.993. The number of rotatable bonds is 0. The van der Waals surface area contributed by atoms with E-state index in [0.717, 1.165) is 6.54 Å². The first kappa shape index (κ1) is 5.59. The second-order valence-corrected chi connectivity index (χ2v) is 2.10. The summed E-state index contributed by atoms with van der Waals surface area (Å²) in [6.45, 7) is 3.08. The molecule has 1 heterocycles. The van der Waals surface area contributed by atoms with E-state index in [4.69, 9.17) is 0 Å². The van der Waals surface area contributed by atoms with Crippen molar-refractivity contribution in [1.82, 2.24) is 16.0 Å². The zero-order valence-corrected chi connectivity index (χ0v) is 5.23. The number of nitrogens with one attached hydrogen (secondary N) is 2. The van der Waals surface area contributed by atoms with Crippen molar-refractivity contribution in [1.29, 1.82) is 0 Å². The Hall–Kier alpha value is -0.540. The molecule has 0 amide bonds. The zero-order chi connectivity index (χ0) is 5.98. The third-order valence-corrected chi connectivity index (χ3v) is 1.06. The first-order valence-corrected chi connectivity index (χ1v) is 2.67. The maximum absolute atomic E-state index is 2.92. The lowest BCUT2D eigenvalue weighted by Gasteiger charge is -2.22.